The number of para-hydroxylation sites is 1. The minimum absolute atomic E-state index is 0.403. The van der Waals surface area contributed by atoms with Crippen LogP contribution in [0.5, 0.6) is 5.75 Å². The zero-order valence-electron chi connectivity index (χ0n) is 12.1. The van der Waals surface area contributed by atoms with Crippen molar-refractivity contribution in [1.29, 1.82) is 0 Å². The molecule has 0 spiro atoms. The Bertz CT molecular complexity index is 522. The van der Waals surface area contributed by atoms with Gasteiger partial charge in [-0.25, -0.2) is 0 Å². The molecule has 0 heterocycles. The fourth-order valence-electron chi connectivity index (χ4n) is 2.29. The number of phenols is 1. The van der Waals surface area contributed by atoms with E-state index in [2.05, 4.69) is 12.2 Å². The summed E-state index contributed by atoms with van der Waals surface area (Å²) in [6.07, 6.45) is 5.81. The Balaban J connectivity index is 2.00. The Morgan fingerprint density at radius 1 is 0.900 bits per heavy atom. The van der Waals surface area contributed by atoms with Crippen LogP contribution >= 0.6 is 0 Å². The summed E-state index contributed by atoms with van der Waals surface area (Å²) < 4.78 is 0. The highest BCUT2D eigenvalue weighted by molar-refractivity contribution is 5.61. The Morgan fingerprint density at radius 3 is 2.45 bits per heavy atom. The average Bonchev–Trinajstić information content (AvgIpc) is 2.48. The monoisotopic (exact) mass is 269 g/mol. The van der Waals surface area contributed by atoms with Crippen molar-refractivity contribution >= 4 is 11.4 Å². The van der Waals surface area contributed by atoms with Crippen LogP contribution in [0.4, 0.5) is 11.4 Å². The maximum absolute atomic E-state index is 9.93. The summed E-state index contributed by atoms with van der Waals surface area (Å²) in [4.78, 5) is 0. The van der Waals surface area contributed by atoms with E-state index in [0.29, 0.717) is 5.75 Å². The van der Waals surface area contributed by atoms with Crippen LogP contribution in [-0.4, -0.2) is 5.11 Å². The second kappa shape index (κ2) is 7.59. The summed E-state index contributed by atoms with van der Waals surface area (Å²) in [7, 11) is 0. The van der Waals surface area contributed by atoms with Crippen molar-refractivity contribution in [3.8, 4) is 5.75 Å². The van der Waals surface area contributed by atoms with E-state index < -0.39 is 0 Å². The van der Waals surface area contributed by atoms with E-state index in [9.17, 15) is 5.11 Å². The molecule has 2 heteroatoms. The summed E-state index contributed by atoms with van der Waals surface area (Å²) in [6, 6.07) is 15.8. The van der Waals surface area contributed by atoms with Crippen molar-refractivity contribution in [3.05, 3.63) is 54.1 Å². The highest BCUT2D eigenvalue weighted by Crippen LogP contribution is 2.25. The third-order valence-electron chi connectivity index (χ3n) is 3.44. The number of phenolic OH excluding ortho intramolecular Hbond substituents is 1. The van der Waals surface area contributed by atoms with E-state index in [1.54, 1.807) is 6.07 Å². The second-order valence-corrected chi connectivity index (χ2v) is 5.15. The predicted molar refractivity (Wildman–Crippen MR) is 85.7 cm³/mol. The van der Waals surface area contributed by atoms with Gasteiger partial charge in [-0.05, 0) is 48.7 Å². The quantitative estimate of drug-likeness (QED) is 0.531. The molecule has 2 N–H and O–H groups in total. The van der Waals surface area contributed by atoms with Gasteiger partial charge < -0.3 is 10.4 Å². The molecule has 0 saturated heterocycles. The zero-order chi connectivity index (χ0) is 14.2. The Kier molecular flexibility index (Phi) is 5.48. The van der Waals surface area contributed by atoms with Gasteiger partial charge in [0.2, 0.25) is 0 Å². The molecule has 0 aliphatic rings. The molecule has 2 rings (SSSR count). The standard InChI is InChI=1S/C18H23NO/c1-2-3-4-6-9-15-14-17(12-13-18(15)20)19-16-10-7-5-8-11-16/h5,7-8,10-14,19-20H,2-4,6,9H2,1H3. The van der Waals surface area contributed by atoms with Gasteiger partial charge in [0.15, 0.2) is 0 Å². The van der Waals surface area contributed by atoms with Crippen LogP contribution in [0, 0.1) is 0 Å². The normalized spacial score (nSPS) is 10.4. The number of anilines is 2. The Hall–Kier alpha value is -1.96. The SMILES string of the molecule is CCCCCCc1cc(Nc2ccccc2)ccc1O. The molecule has 2 nitrogen and oxygen atoms in total. The van der Waals surface area contributed by atoms with Crippen LogP contribution in [0.3, 0.4) is 0 Å². The first kappa shape index (κ1) is 14.4. The molecule has 0 saturated carbocycles. The van der Waals surface area contributed by atoms with Crippen LogP contribution in [0.1, 0.15) is 38.2 Å². The topological polar surface area (TPSA) is 32.3 Å². The lowest BCUT2D eigenvalue weighted by Gasteiger charge is -2.10. The van der Waals surface area contributed by atoms with Gasteiger partial charge in [-0.1, -0.05) is 44.4 Å². The smallest absolute Gasteiger partial charge is 0.118 e. The molecule has 0 amide bonds. The molecule has 2 aromatic rings. The second-order valence-electron chi connectivity index (χ2n) is 5.15. The predicted octanol–water partition coefficient (Wildman–Crippen LogP) is 5.26. The first-order valence-corrected chi connectivity index (χ1v) is 7.43. The first-order valence-electron chi connectivity index (χ1n) is 7.43. The number of unbranched alkanes of at least 4 members (excludes halogenated alkanes) is 3. The number of nitrogens with one attached hydrogen (secondary N) is 1. The number of benzene rings is 2. The van der Waals surface area contributed by atoms with Gasteiger partial charge in [0.1, 0.15) is 5.75 Å². The van der Waals surface area contributed by atoms with Gasteiger partial charge in [0.05, 0.1) is 0 Å². The molecule has 0 aromatic heterocycles. The summed E-state index contributed by atoms with van der Waals surface area (Å²) >= 11 is 0. The number of aryl methyl sites for hydroxylation is 1. The molecule has 0 bridgehead atoms. The molecule has 0 aliphatic heterocycles. The number of rotatable bonds is 7. The number of hydrogen-bond acceptors (Lipinski definition) is 2. The van der Waals surface area contributed by atoms with Crippen LogP contribution < -0.4 is 5.32 Å². The van der Waals surface area contributed by atoms with Gasteiger partial charge in [-0.15, -0.1) is 0 Å². The summed E-state index contributed by atoms with van der Waals surface area (Å²) in [5, 5.41) is 13.3. The van der Waals surface area contributed by atoms with Gasteiger partial charge >= 0.3 is 0 Å². The Labute approximate surface area is 121 Å². The maximum Gasteiger partial charge on any atom is 0.118 e. The third kappa shape index (κ3) is 4.30. The van der Waals surface area contributed by atoms with E-state index in [4.69, 9.17) is 0 Å². The molecule has 106 valence electrons. The van der Waals surface area contributed by atoms with Crippen LogP contribution in [-0.2, 0) is 6.42 Å². The lowest BCUT2D eigenvalue weighted by atomic mass is 10.0. The molecule has 0 unspecified atom stereocenters. The van der Waals surface area contributed by atoms with E-state index in [0.717, 1.165) is 29.8 Å². The average molecular weight is 269 g/mol. The van der Waals surface area contributed by atoms with E-state index in [1.807, 2.05) is 42.5 Å². The van der Waals surface area contributed by atoms with Crippen LogP contribution in [0.15, 0.2) is 48.5 Å². The molecule has 20 heavy (non-hydrogen) atoms. The zero-order valence-corrected chi connectivity index (χ0v) is 12.1. The molecular weight excluding hydrogens is 246 g/mol. The van der Waals surface area contributed by atoms with Crippen molar-refractivity contribution in [1.82, 2.24) is 0 Å². The minimum Gasteiger partial charge on any atom is -0.508 e. The lowest BCUT2D eigenvalue weighted by molar-refractivity contribution is 0.466. The third-order valence-corrected chi connectivity index (χ3v) is 3.44. The van der Waals surface area contributed by atoms with Crippen LogP contribution in [0.2, 0.25) is 0 Å². The number of hydrogen-bond donors (Lipinski definition) is 2. The highest BCUT2D eigenvalue weighted by Gasteiger charge is 2.03. The maximum atomic E-state index is 9.93. The van der Waals surface area contributed by atoms with Crippen LogP contribution in [0.25, 0.3) is 0 Å². The van der Waals surface area contributed by atoms with Gasteiger partial charge in [0, 0.05) is 11.4 Å². The van der Waals surface area contributed by atoms with Crippen molar-refractivity contribution in [2.75, 3.05) is 5.32 Å². The van der Waals surface area contributed by atoms with E-state index in [-0.39, 0.29) is 0 Å². The molecule has 0 atom stereocenters. The summed E-state index contributed by atoms with van der Waals surface area (Å²) in [6.45, 7) is 2.21. The molecule has 0 aliphatic carbocycles. The molecule has 2 aromatic carbocycles. The molecule has 0 radical (unpaired) electrons. The van der Waals surface area contributed by atoms with Crippen molar-refractivity contribution < 1.29 is 5.11 Å². The van der Waals surface area contributed by atoms with Crippen molar-refractivity contribution in [2.24, 2.45) is 0 Å². The fraction of sp³-hybridized carbons (Fsp3) is 0.333. The summed E-state index contributed by atoms with van der Waals surface area (Å²) in [5.41, 5.74) is 3.12. The minimum atomic E-state index is 0.403. The summed E-state index contributed by atoms with van der Waals surface area (Å²) in [5.74, 6) is 0.403. The van der Waals surface area contributed by atoms with Gasteiger partial charge in [-0.2, -0.15) is 0 Å². The highest BCUT2D eigenvalue weighted by atomic mass is 16.3. The lowest BCUT2D eigenvalue weighted by Crippen LogP contribution is -1.93. The molecular formula is C18H23NO. The van der Waals surface area contributed by atoms with Gasteiger partial charge in [0.25, 0.3) is 0 Å². The van der Waals surface area contributed by atoms with Gasteiger partial charge in [-0.3, -0.25) is 0 Å². The van der Waals surface area contributed by atoms with Crippen molar-refractivity contribution in [3.63, 3.8) is 0 Å². The van der Waals surface area contributed by atoms with Crippen molar-refractivity contribution in [2.45, 2.75) is 39.0 Å². The largest absolute Gasteiger partial charge is 0.508 e. The fourth-order valence-corrected chi connectivity index (χ4v) is 2.29. The van der Waals surface area contributed by atoms with E-state index >= 15 is 0 Å². The molecule has 0 fully saturated rings. The first-order chi connectivity index (χ1) is 9.79. The number of aromatic hydroxyl groups is 1. The Morgan fingerprint density at radius 2 is 1.70 bits per heavy atom. The van der Waals surface area contributed by atoms with E-state index in [1.165, 1.54) is 19.3 Å².